The van der Waals surface area contributed by atoms with Crippen molar-refractivity contribution in [3.05, 3.63) is 38.9 Å². The van der Waals surface area contributed by atoms with Gasteiger partial charge in [-0.1, -0.05) is 12.1 Å². The first-order valence-corrected chi connectivity index (χ1v) is 8.18. The van der Waals surface area contributed by atoms with E-state index >= 15 is 0 Å². The molecule has 0 aliphatic carbocycles. The number of nitrogens with zero attached hydrogens (tertiary/aromatic N) is 1. The Hall–Kier alpha value is -0.930. The molecule has 1 aromatic carbocycles. The molecule has 0 fully saturated rings. The molecule has 0 bridgehead atoms. The second-order valence-corrected chi connectivity index (χ2v) is 5.84. The maximum atomic E-state index is 11.9. The summed E-state index contributed by atoms with van der Waals surface area (Å²) >= 11 is 1.85. The number of aliphatic imine (C=N–C) groups is 1. The van der Waals surface area contributed by atoms with Crippen LogP contribution >= 0.6 is 22.6 Å². The molecule has 0 aliphatic rings. The van der Waals surface area contributed by atoms with Gasteiger partial charge in [0.25, 0.3) is 10.0 Å². The van der Waals surface area contributed by atoms with Crippen LogP contribution in [0.2, 0.25) is 0 Å². The standard InChI is InChI=1S/C12H15IN2O3S/c1-3-14-12(8-13)19(16,17)15-9-10-4-6-11(18-2)7-5-10/h3-8,15H,9H2,1-2H3/b12-8+,14-3-. The van der Waals surface area contributed by atoms with E-state index in [2.05, 4.69) is 9.71 Å². The summed E-state index contributed by atoms with van der Waals surface area (Å²) in [5, 5.41) is 0.00381. The number of hydrogen-bond donors (Lipinski definition) is 1. The number of methoxy groups -OCH3 is 1. The summed E-state index contributed by atoms with van der Waals surface area (Å²) in [6.45, 7) is 1.87. The lowest BCUT2D eigenvalue weighted by Gasteiger charge is -2.07. The fourth-order valence-corrected chi connectivity index (χ4v) is 3.31. The van der Waals surface area contributed by atoms with Gasteiger partial charge in [-0.3, -0.25) is 0 Å². The molecule has 0 aromatic heterocycles. The summed E-state index contributed by atoms with van der Waals surface area (Å²) in [4.78, 5) is 3.81. The van der Waals surface area contributed by atoms with Crippen molar-refractivity contribution in [3.63, 3.8) is 0 Å². The minimum absolute atomic E-state index is 0.00381. The van der Waals surface area contributed by atoms with E-state index in [0.29, 0.717) is 0 Å². The second-order valence-electron chi connectivity index (χ2n) is 3.51. The van der Waals surface area contributed by atoms with Crippen molar-refractivity contribution in [1.82, 2.24) is 4.72 Å². The molecule has 0 saturated carbocycles. The molecule has 0 spiro atoms. The van der Waals surface area contributed by atoms with Crippen molar-refractivity contribution in [1.29, 1.82) is 0 Å². The van der Waals surface area contributed by atoms with Gasteiger partial charge in [-0.25, -0.2) is 18.1 Å². The Morgan fingerprint density at radius 3 is 2.53 bits per heavy atom. The molecule has 1 aromatic rings. The minimum atomic E-state index is -3.57. The van der Waals surface area contributed by atoms with Gasteiger partial charge < -0.3 is 4.74 Å². The number of halogens is 1. The molecule has 104 valence electrons. The van der Waals surface area contributed by atoms with Crippen LogP contribution in [0.1, 0.15) is 12.5 Å². The zero-order valence-electron chi connectivity index (χ0n) is 10.6. The van der Waals surface area contributed by atoms with Gasteiger partial charge in [0.15, 0.2) is 5.03 Å². The third-order valence-electron chi connectivity index (χ3n) is 2.25. The Labute approximate surface area is 127 Å². The van der Waals surface area contributed by atoms with Crippen molar-refractivity contribution in [2.45, 2.75) is 13.5 Å². The van der Waals surface area contributed by atoms with Crippen LogP contribution in [0.5, 0.6) is 5.75 Å². The van der Waals surface area contributed by atoms with Gasteiger partial charge in [-0.05, 0) is 47.2 Å². The van der Waals surface area contributed by atoms with E-state index in [1.54, 1.807) is 38.3 Å². The normalized spacial score (nSPS) is 12.9. The summed E-state index contributed by atoms with van der Waals surface area (Å²) in [6.07, 6.45) is 1.44. The van der Waals surface area contributed by atoms with Crippen LogP contribution in [-0.4, -0.2) is 21.7 Å². The smallest absolute Gasteiger partial charge is 0.258 e. The highest BCUT2D eigenvalue weighted by molar-refractivity contribution is 14.1. The van der Waals surface area contributed by atoms with Gasteiger partial charge in [0, 0.05) is 16.8 Å². The number of benzene rings is 1. The highest BCUT2D eigenvalue weighted by atomic mass is 127. The molecule has 0 unspecified atom stereocenters. The maximum Gasteiger partial charge on any atom is 0.258 e. The molecular formula is C12H15IN2O3S. The first kappa shape index (κ1) is 16.1. The average Bonchev–Trinajstić information content (AvgIpc) is 2.43. The van der Waals surface area contributed by atoms with E-state index < -0.39 is 10.0 Å². The number of nitrogens with one attached hydrogen (secondary N) is 1. The first-order valence-electron chi connectivity index (χ1n) is 5.45. The Kier molecular flexibility index (Phi) is 6.46. The molecule has 1 N–H and O–H groups in total. The molecule has 5 nitrogen and oxygen atoms in total. The van der Waals surface area contributed by atoms with Crippen molar-refractivity contribution in [2.75, 3.05) is 7.11 Å². The van der Waals surface area contributed by atoms with E-state index in [9.17, 15) is 8.42 Å². The zero-order valence-corrected chi connectivity index (χ0v) is 13.6. The molecule has 7 heteroatoms. The first-order chi connectivity index (χ1) is 9.03. The number of sulfonamides is 1. The van der Waals surface area contributed by atoms with Gasteiger partial charge in [-0.2, -0.15) is 0 Å². The third kappa shape index (κ3) is 4.92. The Morgan fingerprint density at radius 2 is 2.05 bits per heavy atom. The van der Waals surface area contributed by atoms with Crippen LogP contribution < -0.4 is 9.46 Å². The summed E-state index contributed by atoms with van der Waals surface area (Å²) in [5.41, 5.74) is 0.845. The van der Waals surface area contributed by atoms with Crippen molar-refractivity contribution in [3.8, 4) is 5.75 Å². The van der Waals surface area contributed by atoms with Crippen LogP contribution in [0.15, 0.2) is 38.4 Å². The van der Waals surface area contributed by atoms with Gasteiger partial charge in [0.1, 0.15) is 5.75 Å². The van der Waals surface area contributed by atoms with Crippen molar-refractivity contribution < 1.29 is 13.2 Å². The molecule has 0 amide bonds. The fraction of sp³-hybridized carbons (Fsp3) is 0.250. The van der Waals surface area contributed by atoms with E-state index in [1.807, 2.05) is 22.6 Å². The van der Waals surface area contributed by atoms with Crippen molar-refractivity contribution >= 4 is 38.8 Å². The molecule has 0 saturated heterocycles. The second kappa shape index (κ2) is 7.61. The summed E-state index contributed by atoms with van der Waals surface area (Å²) in [6, 6.07) is 7.17. The minimum Gasteiger partial charge on any atom is -0.497 e. The topological polar surface area (TPSA) is 67.8 Å². The average molecular weight is 394 g/mol. The largest absolute Gasteiger partial charge is 0.497 e. The number of rotatable bonds is 6. The lowest BCUT2D eigenvalue weighted by Crippen LogP contribution is -2.23. The van der Waals surface area contributed by atoms with Crippen LogP contribution in [0.3, 0.4) is 0 Å². The molecule has 0 radical (unpaired) electrons. The fourth-order valence-electron chi connectivity index (χ4n) is 1.28. The predicted molar refractivity (Wildman–Crippen MR) is 85.0 cm³/mol. The van der Waals surface area contributed by atoms with Crippen LogP contribution in [0, 0.1) is 0 Å². The van der Waals surface area contributed by atoms with Crippen LogP contribution in [0.4, 0.5) is 0 Å². The number of hydrogen-bond acceptors (Lipinski definition) is 4. The quantitative estimate of drug-likeness (QED) is 0.596. The van der Waals surface area contributed by atoms with Gasteiger partial charge in [-0.15, -0.1) is 0 Å². The Balaban J connectivity index is 2.74. The summed E-state index contributed by atoms with van der Waals surface area (Å²) < 4.78 is 32.8. The highest BCUT2D eigenvalue weighted by Crippen LogP contribution is 2.13. The molecule has 19 heavy (non-hydrogen) atoms. The molecule has 0 atom stereocenters. The molecule has 0 heterocycles. The van der Waals surface area contributed by atoms with E-state index in [4.69, 9.17) is 4.74 Å². The third-order valence-corrected chi connectivity index (χ3v) is 4.56. The molecular weight excluding hydrogens is 379 g/mol. The van der Waals surface area contributed by atoms with Crippen molar-refractivity contribution in [2.24, 2.45) is 4.99 Å². The van der Waals surface area contributed by atoms with E-state index in [0.717, 1.165) is 11.3 Å². The highest BCUT2D eigenvalue weighted by Gasteiger charge is 2.15. The monoisotopic (exact) mass is 394 g/mol. The molecule has 1 rings (SSSR count). The lowest BCUT2D eigenvalue weighted by molar-refractivity contribution is 0.414. The SMILES string of the molecule is C/C=N\C(=C/I)S(=O)(=O)NCc1ccc(OC)cc1. The summed E-state index contributed by atoms with van der Waals surface area (Å²) in [7, 11) is -1.99. The van der Waals surface area contributed by atoms with E-state index in [-0.39, 0.29) is 11.6 Å². The Bertz CT molecular complexity index is 565. The van der Waals surface area contributed by atoms with E-state index in [1.165, 1.54) is 10.3 Å². The number of ether oxygens (including phenoxy) is 1. The van der Waals surface area contributed by atoms with Gasteiger partial charge in [0.05, 0.1) is 7.11 Å². The van der Waals surface area contributed by atoms with Gasteiger partial charge in [0.2, 0.25) is 0 Å². The van der Waals surface area contributed by atoms with Gasteiger partial charge >= 0.3 is 0 Å². The Morgan fingerprint density at radius 1 is 1.42 bits per heavy atom. The molecule has 0 aliphatic heterocycles. The summed E-state index contributed by atoms with van der Waals surface area (Å²) in [5.74, 6) is 0.732. The predicted octanol–water partition coefficient (Wildman–Crippen LogP) is 2.44. The van der Waals surface area contributed by atoms with Crippen LogP contribution in [0.25, 0.3) is 0 Å². The maximum absolute atomic E-state index is 11.9. The zero-order chi connectivity index (χ0) is 14.3. The lowest BCUT2D eigenvalue weighted by atomic mass is 10.2. The van der Waals surface area contributed by atoms with Crippen LogP contribution in [-0.2, 0) is 16.6 Å².